The number of carbonyl (C=O) groups excluding carboxylic acids is 4. The molecule has 0 aromatic heterocycles. The second-order valence-corrected chi connectivity index (χ2v) is 8.71. The van der Waals surface area contributed by atoms with Crippen LogP contribution in [0.2, 0.25) is 5.02 Å². The van der Waals surface area contributed by atoms with Crippen LogP contribution in [0.5, 0.6) is 5.75 Å². The van der Waals surface area contributed by atoms with E-state index in [2.05, 4.69) is 10.6 Å². The maximum atomic E-state index is 13.3. The molecule has 0 aliphatic carbocycles. The summed E-state index contributed by atoms with van der Waals surface area (Å²) in [6, 6.07) is 13.8. The Balaban J connectivity index is 1.57. The fraction of sp³-hybridized carbons (Fsp3) is 0.111. The van der Waals surface area contributed by atoms with Crippen molar-refractivity contribution in [3.05, 3.63) is 93.8 Å². The molecule has 4 rings (SSSR count). The van der Waals surface area contributed by atoms with Gasteiger partial charge >= 0.3 is 6.03 Å². The summed E-state index contributed by atoms with van der Waals surface area (Å²) in [5.74, 6) is -2.63. The summed E-state index contributed by atoms with van der Waals surface area (Å²) in [4.78, 5) is 51.2. The molecule has 1 saturated heterocycles. The molecule has 3 aromatic rings. The molecule has 0 spiro atoms. The van der Waals surface area contributed by atoms with Crippen molar-refractivity contribution in [3.8, 4) is 5.75 Å². The standard InChI is InChI=1S/C27H21ClFN3O5/c1-15-3-9-22(16(2)11-15)30-24(33)14-37-23-10-4-18(28)12-17(23)13-21-25(34)31-27(36)32(26(21)35)20-7-5-19(29)6-8-20/h3-13H,14H2,1-2H3,(H,30,33)(H,31,34,36)/b21-13+. The lowest BCUT2D eigenvalue weighted by atomic mass is 10.1. The normalized spacial score (nSPS) is 14.5. The monoisotopic (exact) mass is 521 g/mol. The summed E-state index contributed by atoms with van der Waals surface area (Å²) in [6.07, 6.45) is 1.21. The molecule has 1 aliphatic heterocycles. The van der Waals surface area contributed by atoms with E-state index in [9.17, 15) is 23.6 Å². The van der Waals surface area contributed by atoms with Crippen molar-refractivity contribution in [2.75, 3.05) is 16.8 Å². The van der Waals surface area contributed by atoms with E-state index in [1.54, 1.807) is 6.07 Å². The molecule has 5 amide bonds. The topological polar surface area (TPSA) is 105 Å². The molecule has 8 nitrogen and oxygen atoms in total. The van der Waals surface area contributed by atoms with Crippen molar-refractivity contribution in [2.24, 2.45) is 0 Å². The lowest BCUT2D eigenvalue weighted by molar-refractivity contribution is -0.122. The van der Waals surface area contributed by atoms with E-state index in [0.29, 0.717) is 5.69 Å². The van der Waals surface area contributed by atoms with Crippen LogP contribution in [0.25, 0.3) is 6.08 Å². The Labute approximate surface area is 216 Å². The number of barbiturate groups is 1. The molecule has 3 aromatic carbocycles. The lowest BCUT2D eigenvalue weighted by Gasteiger charge is -2.26. The van der Waals surface area contributed by atoms with Gasteiger partial charge in [0.25, 0.3) is 17.7 Å². The van der Waals surface area contributed by atoms with Gasteiger partial charge in [-0.05, 0) is 74.0 Å². The number of ether oxygens (including phenoxy) is 1. The minimum atomic E-state index is -0.968. The summed E-state index contributed by atoms with van der Waals surface area (Å²) in [5.41, 5.74) is 2.54. The molecule has 1 fully saturated rings. The van der Waals surface area contributed by atoms with Crippen molar-refractivity contribution >= 4 is 52.8 Å². The van der Waals surface area contributed by atoms with Crippen LogP contribution in [0, 0.1) is 19.7 Å². The third-order valence-electron chi connectivity index (χ3n) is 5.47. The number of amides is 5. The van der Waals surface area contributed by atoms with Gasteiger partial charge in [-0.3, -0.25) is 19.7 Å². The van der Waals surface area contributed by atoms with Crippen LogP contribution in [-0.4, -0.2) is 30.4 Å². The van der Waals surface area contributed by atoms with E-state index in [1.165, 1.54) is 36.4 Å². The number of aryl methyl sites for hydroxylation is 2. The van der Waals surface area contributed by atoms with E-state index in [-0.39, 0.29) is 34.2 Å². The number of hydrogen-bond donors (Lipinski definition) is 2. The van der Waals surface area contributed by atoms with Crippen LogP contribution in [0.15, 0.2) is 66.2 Å². The number of hydrogen-bond acceptors (Lipinski definition) is 5. The highest BCUT2D eigenvalue weighted by atomic mass is 35.5. The first-order valence-corrected chi connectivity index (χ1v) is 11.5. The van der Waals surface area contributed by atoms with Crippen LogP contribution >= 0.6 is 11.6 Å². The molecule has 0 bridgehead atoms. The molecule has 0 radical (unpaired) electrons. The molecular weight excluding hydrogens is 501 g/mol. The van der Waals surface area contributed by atoms with E-state index in [0.717, 1.165) is 28.2 Å². The predicted molar refractivity (Wildman–Crippen MR) is 137 cm³/mol. The van der Waals surface area contributed by atoms with Crippen molar-refractivity contribution < 1.29 is 28.3 Å². The minimum absolute atomic E-state index is 0.0768. The second-order valence-electron chi connectivity index (χ2n) is 8.27. The molecule has 0 unspecified atom stereocenters. The zero-order valence-electron chi connectivity index (χ0n) is 19.8. The Morgan fingerprint density at radius 3 is 2.49 bits per heavy atom. The summed E-state index contributed by atoms with van der Waals surface area (Å²) in [5, 5.41) is 5.15. The number of imide groups is 2. The van der Waals surface area contributed by atoms with Gasteiger partial charge in [-0.25, -0.2) is 14.1 Å². The Bertz CT molecular complexity index is 1450. The van der Waals surface area contributed by atoms with Gasteiger partial charge in [0.15, 0.2) is 6.61 Å². The van der Waals surface area contributed by atoms with Gasteiger partial charge in [0, 0.05) is 16.3 Å². The van der Waals surface area contributed by atoms with Gasteiger partial charge in [0.05, 0.1) is 5.69 Å². The molecular formula is C27H21ClFN3O5. The van der Waals surface area contributed by atoms with E-state index in [4.69, 9.17) is 16.3 Å². The molecule has 10 heteroatoms. The first-order chi connectivity index (χ1) is 17.6. The SMILES string of the molecule is Cc1ccc(NC(=O)COc2ccc(Cl)cc2/C=C2\C(=O)NC(=O)N(c3ccc(F)cc3)C2=O)c(C)c1. The van der Waals surface area contributed by atoms with Crippen LogP contribution in [0.4, 0.5) is 20.6 Å². The number of urea groups is 1. The summed E-state index contributed by atoms with van der Waals surface area (Å²) >= 11 is 6.12. The first-order valence-electron chi connectivity index (χ1n) is 11.1. The molecule has 0 atom stereocenters. The first kappa shape index (κ1) is 25.6. The Morgan fingerprint density at radius 2 is 1.78 bits per heavy atom. The maximum Gasteiger partial charge on any atom is 0.335 e. The summed E-state index contributed by atoms with van der Waals surface area (Å²) < 4.78 is 19.0. The minimum Gasteiger partial charge on any atom is -0.483 e. The smallest absolute Gasteiger partial charge is 0.335 e. The van der Waals surface area contributed by atoms with Crippen molar-refractivity contribution in [1.29, 1.82) is 0 Å². The largest absolute Gasteiger partial charge is 0.483 e. The fourth-order valence-electron chi connectivity index (χ4n) is 3.68. The van der Waals surface area contributed by atoms with E-state index >= 15 is 0 Å². The molecule has 1 aliphatic rings. The van der Waals surface area contributed by atoms with Gasteiger partial charge in [0.1, 0.15) is 17.1 Å². The molecule has 2 N–H and O–H groups in total. The molecule has 0 saturated carbocycles. The van der Waals surface area contributed by atoms with Gasteiger partial charge in [-0.1, -0.05) is 29.3 Å². The Hall–Kier alpha value is -4.50. The molecule has 188 valence electrons. The molecule has 1 heterocycles. The van der Waals surface area contributed by atoms with Gasteiger partial charge < -0.3 is 10.1 Å². The summed E-state index contributed by atoms with van der Waals surface area (Å²) in [6.45, 7) is 3.47. The summed E-state index contributed by atoms with van der Waals surface area (Å²) in [7, 11) is 0. The number of rotatable bonds is 6. The van der Waals surface area contributed by atoms with Crippen molar-refractivity contribution in [3.63, 3.8) is 0 Å². The maximum absolute atomic E-state index is 13.3. The van der Waals surface area contributed by atoms with Crippen molar-refractivity contribution in [1.82, 2.24) is 5.32 Å². The number of halogens is 2. The highest BCUT2D eigenvalue weighted by Gasteiger charge is 2.37. The zero-order chi connectivity index (χ0) is 26.7. The van der Waals surface area contributed by atoms with E-state index < -0.39 is 29.6 Å². The number of nitrogens with zero attached hydrogens (tertiary/aromatic N) is 1. The predicted octanol–water partition coefficient (Wildman–Crippen LogP) is 4.78. The quantitative estimate of drug-likeness (QED) is 0.359. The van der Waals surface area contributed by atoms with Crippen LogP contribution in [0.3, 0.4) is 0 Å². The number of carbonyl (C=O) groups is 4. The average Bonchev–Trinajstić information content (AvgIpc) is 2.84. The van der Waals surface area contributed by atoms with Crippen LogP contribution < -0.4 is 20.3 Å². The lowest BCUT2D eigenvalue weighted by Crippen LogP contribution is -2.54. The number of nitrogens with one attached hydrogen (secondary N) is 2. The van der Waals surface area contributed by atoms with Gasteiger partial charge in [-0.15, -0.1) is 0 Å². The molecule has 37 heavy (non-hydrogen) atoms. The average molecular weight is 522 g/mol. The highest BCUT2D eigenvalue weighted by Crippen LogP contribution is 2.28. The number of benzene rings is 3. The zero-order valence-corrected chi connectivity index (χ0v) is 20.6. The van der Waals surface area contributed by atoms with Crippen molar-refractivity contribution in [2.45, 2.75) is 13.8 Å². The van der Waals surface area contributed by atoms with Crippen LogP contribution in [-0.2, 0) is 14.4 Å². The third-order valence-corrected chi connectivity index (χ3v) is 5.71. The third kappa shape index (κ3) is 5.84. The Kier molecular flexibility index (Phi) is 7.35. The second kappa shape index (κ2) is 10.6. The van der Waals surface area contributed by atoms with Gasteiger partial charge in [0.2, 0.25) is 0 Å². The van der Waals surface area contributed by atoms with E-state index in [1.807, 2.05) is 26.0 Å². The Morgan fingerprint density at radius 1 is 1.05 bits per heavy atom. The van der Waals surface area contributed by atoms with Crippen LogP contribution in [0.1, 0.15) is 16.7 Å². The highest BCUT2D eigenvalue weighted by molar-refractivity contribution is 6.39. The van der Waals surface area contributed by atoms with Gasteiger partial charge in [-0.2, -0.15) is 0 Å². The number of anilines is 2. The fourth-order valence-corrected chi connectivity index (χ4v) is 3.87.